The molecule has 2 heteroatoms. The summed E-state index contributed by atoms with van der Waals surface area (Å²) in [5.74, 6) is 2.86. The monoisotopic (exact) mass is 192 g/mol. The van der Waals surface area contributed by atoms with Crippen LogP contribution >= 0.6 is 0 Å². The Morgan fingerprint density at radius 2 is 2.29 bits per heavy atom. The molecule has 0 bridgehead atoms. The van der Waals surface area contributed by atoms with E-state index in [1.807, 2.05) is 0 Å². The number of terminal acetylenes is 1. The third-order valence-electron chi connectivity index (χ3n) is 3.64. The van der Waals surface area contributed by atoms with Crippen LogP contribution in [0.3, 0.4) is 0 Å². The summed E-state index contributed by atoms with van der Waals surface area (Å²) in [5, 5.41) is 3.60. The van der Waals surface area contributed by atoms with E-state index in [1.54, 1.807) is 0 Å². The fraction of sp³-hybridized carbons (Fsp3) is 0.833. The molecule has 78 valence electrons. The molecule has 0 aromatic carbocycles. The highest BCUT2D eigenvalue weighted by Crippen LogP contribution is 2.26. The van der Waals surface area contributed by atoms with Gasteiger partial charge in [-0.15, -0.1) is 6.42 Å². The predicted molar refractivity (Wildman–Crippen MR) is 59.0 cm³/mol. The highest BCUT2D eigenvalue weighted by molar-refractivity contribution is 5.03. The van der Waals surface area contributed by atoms with Crippen molar-refractivity contribution in [2.75, 3.05) is 13.1 Å². The fourth-order valence-corrected chi connectivity index (χ4v) is 2.86. The summed E-state index contributed by atoms with van der Waals surface area (Å²) < 4.78 is 0. The van der Waals surface area contributed by atoms with Crippen molar-refractivity contribution >= 4 is 0 Å². The van der Waals surface area contributed by atoms with Gasteiger partial charge in [0.2, 0.25) is 0 Å². The molecule has 0 saturated carbocycles. The van der Waals surface area contributed by atoms with Gasteiger partial charge in [0.25, 0.3) is 0 Å². The Kier molecular flexibility index (Phi) is 3.10. The normalized spacial score (nSPS) is 35.7. The van der Waals surface area contributed by atoms with Gasteiger partial charge >= 0.3 is 0 Å². The predicted octanol–water partition coefficient (Wildman–Crippen LogP) is 1.22. The molecule has 2 aliphatic rings. The van der Waals surface area contributed by atoms with Gasteiger partial charge in [-0.3, -0.25) is 4.90 Å². The number of rotatable bonds is 2. The van der Waals surface area contributed by atoms with Crippen LogP contribution in [0, 0.1) is 12.3 Å². The zero-order valence-corrected chi connectivity index (χ0v) is 9.00. The molecule has 0 aromatic rings. The number of nitrogens with zero attached hydrogens (tertiary/aromatic N) is 1. The second-order valence-corrected chi connectivity index (χ2v) is 4.49. The summed E-state index contributed by atoms with van der Waals surface area (Å²) >= 11 is 0. The van der Waals surface area contributed by atoms with Crippen molar-refractivity contribution < 1.29 is 0 Å². The van der Waals surface area contributed by atoms with Crippen LogP contribution in [0.2, 0.25) is 0 Å². The van der Waals surface area contributed by atoms with E-state index in [0.29, 0.717) is 18.1 Å². The first-order valence-electron chi connectivity index (χ1n) is 5.78. The lowest BCUT2D eigenvalue weighted by Crippen LogP contribution is -2.47. The average molecular weight is 192 g/mol. The molecule has 0 amide bonds. The smallest absolute Gasteiger partial charge is 0.0686 e. The molecule has 2 aliphatic heterocycles. The maximum absolute atomic E-state index is 5.50. The van der Waals surface area contributed by atoms with Crippen molar-refractivity contribution in [2.24, 2.45) is 0 Å². The van der Waals surface area contributed by atoms with Gasteiger partial charge in [0.15, 0.2) is 0 Å². The van der Waals surface area contributed by atoms with Crippen LogP contribution in [-0.2, 0) is 0 Å². The molecule has 0 aliphatic carbocycles. The lowest BCUT2D eigenvalue weighted by molar-refractivity contribution is 0.193. The molecule has 3 unspecified atom stereocenters. The lowest BCUT2D eigenvalue weighted by atomic mass is 10.0. The Labute approximate surface area is 87.1 Å². The van der Waals surface area contributed by atoms with Crippen LogP contribution in [0.5, 0.6) is 0 Å². The Morgan fingerprint density at radius 1 is 1.43 bits per heavy atom. The minimum Gasteiger partial charge on any atom is -0.312 e. The molecular weight excluding hydrogens is 172 g/mol. The largest absolute Gasteiger partial charge is 0.312 e. The fourth-order valence-electron chi connectivity index (χ4n) is 2.86. The first kappa shape index (κ1) is 10.0. The van der Waals surface area contributed by atoms with E-state index in [0.717, 1.165) is 0 Å². The zero-order chi connectivity index (χ0) is 9.97. The molecule has 2 saturated heterocycles. The summed E-state index contributed by atoms with van der Waals surface area (Å²) in [6, 6.07) is 1.71. The van der Waals surface area contributed by atoms with Gasteiger partial charge in [-0.1, -0.05) is 5.92 Å². The van der Waals surface area contributed by atoms with Crippen LogP contribution in [-0.4, -0.2) is 36.1 Å². The van der Waals surface area contributed by atoms with Gasteiger partial charge in [0.05, 0.1) is 6.04 Å². The maximum Gasteiger partial charge on any atom is 0.0686 e. The van der Waals surface area contributed by atoms with E-state index < -0.39 is 0 Å². The van der Waals surface area contributed by atoms with Crippen LogP contribution in [0.1, 0.15) is 32.6 Å². The molecular formula is C12H20N2. The summed E-state index contributed by atoms with van der Waals surface area (Å²) in [7, 11) is 0. The zero-order valence-electron chi connectivity index (χ0n) is 9.00. The number of nitrogens with one attached hydrogen (secondary N) is 1. The van der Waals surface area contributed by atoms with Gasteiger partial charge in [0.1, 0.15) is 0 Å². The molecule has 0 aromatic heterocycles. The van der Waals surface area contributed by atoms with Crippen molar-refractivity contribution in [3.8, 4) is 12.3 Å². The standard InChI is InChI=1S/C12H20N2/c1-3-10(2)14-9-5-7-12(14)11-6-4-8-13-11/h1,10-13H,4-9H2,2H3. The Morgan fingerprint density at radius 3 is 2.93 bits per heavy atom. The molecule has 0 radical (unpaired) electrons. The summed E-state index contributed by atoms with van der Waals surface area (Å²) in [4.78, 5) is 2.50. The van der Waals surface area contributed by atoms with Crippen molar-refractivity contribution in [2.45, 2.75) is 50.7 Å². The van der Waals surface area contributed by atoms with Gasteiger partial charge in [-0.05, 0) is 45.7 Å². The highest BCUT2D eigenvalue weighted by Gasteiger charge is 2.34. The van der Waals surface area contributed by atoms with Crippen LogP contribution in [0.25, 0.3) is 0 Å². The van der Waals surface area contributed by atoms with E-state index in [9.17, 15) is 0 Å². The molecule has 3 atom stereocenters. The van der Waals surface area contributed by atoms with E-state index >= 15 is 0 Å². The third kappa shape index (κ3) is 1.80. The molecule has 2 nitrogen and oxygen atoms in total. The van der Waals surface area contributed by atoms with Crippen molar-refractivity contribution in [1.82, 2.24) is 10.2 Å². The average Bonchev–Trinajstić information content (AvgIpc) is 2.85. The van der Waals surface area contributed by atoms with E-state index in [1.165, 1.54) is 38.8 Å². The van der Waals surface area contributed by atoms with Crippen LogP contribution in [0.15, 0.2) is 0 Å². The SMILES string of the molecule is C#CC(C)N1CCCC1C1CCCN1. The molecule has 14 heavy (non-hydrogen) atoms. The Bertz CT molecular complexity index is 225. The minimum atomic E-state index is 0.310. The maximum atomic E-state index is 5.50. The molecule has 2 heterocycles. The number of hydrogen-bond acceptors (Lipinski definition) is 2. The van der Waals surface area contributed by atoms with Gasteiger partial charge < -0.3 is 5.32 Å². The van der Waals surface area contributed by atoms with E-state index in [4.69, 9.17) is 6.42 Å². The number of hydrogen-bond donors (Lipinski definition) is 1. The topological polar surface area (TPSA) is 15.3 Å². The lowest BCUT2D eigenvalue weighted by Gasteiger charge is -2.31. The summed E-state index contributed by atoms with van der Waals surface area (Å²) in [6.07, 6.45) is 10.8. The Balaban J connectivity index is 1.99. The van der Waals surface area contributed by atoms with E-state index in [2.05, 4.69) is 23.1 Å². The molecule has 1 N–H and O–H groups in total. The molecule has 2 rings (SSSR count). The summed E-state index contributed by atoms with van der Waals surface area (Å²) in [5.41, 5.74) is 0. The third-order valence-corrected chi connectivity index (χ3v) is 3.64. The minimum absolute atomic E-state index is 0.310. The Hall–Kier alpha value is -0.520. The van der Waals surface area contributed by atoms with Gasteiger partial charge in [-0.25, -0.2) is 0 Å². The first-order valence-corrected chi connectivity index (χ1v) is 5.78. The molecule has 0 spiro atoms. The van der Waals surface area contributed by atoms with Crippen molar-refractivity contribution in [1.29, 1.82) is 0 Å². The second-order valence-electron chi connectivity index (χ2n) is 4.49. The van der Waals surface area contributed by atoms with Gasteiger partial charge in [-0.2, -0.15) is 0 Å². The van der Waals surface area contributed by atoms with Crippen molar-refractivity contribution in [3.63, 3.8) is 0 Å². The first-order chi connectivity index (χ1) is 6.83. The quantitative estimate of drug-likeness (QED) is 0.662. The van der Waals surface area contributed by atoms with E-state index in [-0.39, 0.29) is 0 Å². The summed E-state index contributed by atoms with van der Waals surface area (Å²) in [6.45, 7) is 4.53. The molecule has 2 fully saturated rings. The highest BCUT2D eigenvalue weighted by atomic mass is 15.2. The second kappa shape index (κ2) is 4.33. The van der Waals surface area contributed by atoms with Crippen LogP contribution < -0.4 is 5.32 Å². The van der Waals surface area contributed by atoms with Gasteiger partial charge in [0, 0.05) is 12.1 Å². The van der Waals surface area contributed by atoms with Crippen LogP contribution in [0.4, 0.5) is 0 Å². The van der Waals surface area contributed by atoms with Crippen molar-refractivity contribution in [3.05, 3.63) is 0 Å². The number of likely N-dealkylation sites (tertiary alicyclic amines) is 1.